The van der Waals surface area contributed by atoms with Gasteiger partial charge in [-0.25, -0.2) is 24.5 Å². The van der Waals surface area contributed by atoms with Crippen LogP contribution in [0.1, 0.15) is 106 Å². The zero-order valence-electron chi connectivity index (χ0n) is 38.1. The Morgan fingerprint density at radius 2 is 1.37 bits per heavy atom. The highest BCUT2D eigenvalue weighted by atomic mass is 28.4. The van der Waals surface area contributed by atoms with E-state index >= 15 is 0 Å². The molecule has 2 aromatic heterocycles. The molecule has 0 bridgehead atoms. The van der Waals surface area contributed by atoms with Crippen molar-refractivity contribution in [3.05, 3.63) is 48.5 Å². The minimum atomic E-state index is -2.46. The van der Waals surface area contributed by atoms with Gasteiger partial charge >= 0.3 is 12.1 Å². The van der Waals surface area contributed by atoms with Gasteiger partial charge in [-0.05, 0) is 103 Å². The standard InChI is InChI=1S/C42H69N7O8Si2/c1-39(2,3)54-37(51)28(47-38(52)55-40(4,5)6)22-23-43-24-29-31(56-58(13,14)41(7,8)9)32(57-59(15,16)42(10,11)12)36(53-29)49-26-46-30-33(44-25-45-34(30)49)48-35(50)27-20-18-17-19-21-27/h17-21,25-26,28-29,31-32,36,43H,22-24H2,1-16H3,(H,47,52)(H,44,45,48,50)/t28-,29+,31+,32+,36+/m0/s1. The fourth-order valence-corrected chi connectivity index (χ4v) is 8.46. The van der Waals surface area contributed by atoms with Crippen LogP contribution in [0.4, 0.5) is 10.6 Å². The molecule has 15 nitrogen and oxygen atoms in total. The van der Waals surface area contributed by atoms with Crippen LogP contribution in [-0.4, -0.2) is 103 Å². The van der Waals surface area contributed by atoms with E-state index in [2.05, 4.69) is 93.6 Å². The molecule has 0 saturated carbocycles. The highest BCUT2D eigenvalue weighted by Crippen LogP contribution is 2.46. The minimum Gasteiger partial charge on any atom is -0.458 e. The predicted octanol–water partition coefficient (Wildman–Crippen LogP) is 7.97. The van der Waals surface area contributed by atoms with E-state index in [0.29, 0.717) is 29.8 Å². The number of hydrogen-bond donors (Lipinski definition) is 3. The Hall–Kier alpha value is -3.75. The molecule has 3 N–H and O–H groups in total. The predicted molar refractivity (Wildman–Crippen MR) is 234 cm³/mol. The van der Waals surface area contributed by atoms with Gasteiger partial charge in [-0.2, -0.15) is 0 Å². The normalized spacial score (nSPS) is 20.0. The third-order valence-electron chi connectivity index (χ3n) is 11.0. The van der Waals surface area contributed by atoms with Crippen LogP contribution in [0.25, 0.3) is 11.2 Å². The molecule has 0 radical (unpaired) electrons. The molecule has 17 heteroatoms. The number of alkyl carbamates (subject to hydrolysis) is 1. The summed E-state index contributed by atoms with van der Waals surface area (Å²) in [5.74, 6) is -0.604. The van der Waals surface area contributed by atoms with Crippen LogP contribution in [0.2, 0.25) is 36.3 Å². The number of carbonyl (C=O) groups is 3. The number of imidazole rings is 1. The van der Waals surface area contributed by atoms with Gasteiger partial charge in [0.2, 0.25) is 0 Å². The van der Waals surface area contributed by atoms with E-state index in [1.807, 2.05) is 10.6 Å². The molecule has 1 fully saturated rings. The fourth-order valence-electron chi connectivity index (χ4n) is 5.86. The maximum atomic E-state index is 13.3. The van der Waals surface area contributed by atoms with Gasteiger partial charge in [0.05, 0.1) is 6.33 Å². The molecule has 1 aliphatic rings. The average molecular weight is 856 g/mol. The number of nitrogens with zero attached hydrogens (tertiary/aromatic N) is 4. The summed E-state index contributed by atoms with van der Waals surface area (Å²) in [4.78, 5) is 53.0. The van der Waals surface area contributed by atoms with Crippen LogP contribution >= 0.6 is 0 Å². The molecule has 3 aromatic rings. The number of carbonyl (C=O) groups excluding carboxylic acids is 3. The van der Waals surface area contributed by atoms with Gasteiger partial charge in [-0.3, -0.25) is 9.36 Å². The van der Waals surface area contributed by atoms with Crippen LogP contribution in [0.15, 0.2) is 43.0 Å². The molecule has 328 valence electrons. The zero-order chi connectivity index (χ0) is 44.4. The number of amides is 2. The molecule has 1 aliphatic heterocycles. The monoisotopic (exact) mass is 855 g/mol. The fraction of sp³-hybridized carbons (Fsp3) is 0.667. The van der Waals surface area contributed by atoms with Gasteiger partial charge in [0.25, 0.3) is 5.91 Å². The number of fused-ring (bicyclic) bond motifs is 1. The second-order valence-corrected chi connectivity index (χ2v) is 29.9. The van der Waals surface area contributed by atoms with Gasteiger partial charge < -0.3 is 39.0 Å². The number of nitrogens with one attached hydrogen (secondary N) is 3. The van der Waals surface area contributed by atoms with Crippen molar-refractivity contribution in [2.45, 2.75) is 168 Å². The molecule has 0 spiro atoms. The Labute approximate surface area is 352 Å². The Morgan fingerprint density at radius 3 is 1.93 bits per heavy atom. The van der Waals surface area contributed by atoms with Gasteiger partial charge in [0.1, 0.15) is 41.9 Å². The van der Waals surface area contributed by atoms with Crippen LogP contribution in [0.3, 0.4) is 0 Å². The van der Waals surface area contributed by atoms with Crippen molar-refractivity contribution in [1.29, 1.82) is 0 Å². The van der Waals surface area contributed by atoms with Crippen LogP contribution in [0.5, 0.6) is 0 Å². The summed E-state index contributed by atoms with van der Waals surface area (Å²) in [6.45, 7) is 33.3. The number of esters is 1. The Balaban J connectivity index is 1.70. The quantitative estimate of drug-likeness (QED) is 0.0811. The summed E-state index contributed by atoms with van der Waals surface area (Å²) in [6.07, 6.45) is 0.248. The van der Waals surface area contributed by atoms with Crippen LogP contribution < -0.4 is 16.0 Å². The van der Waals surface area contributed by atoms with Crippen molar-refractivity contribution in [3.63, 3.8) is 0 Å². The maximum Gasteiger partial charge on any atom is 0.408 e. The van der Waals surface area contributed by atoms with Gasteiger partial charge in [-0.1, -0.05) is 59.7 Å². The van der Waals surface area contributed by atoms with E-state index < -0.39 is 70.5 Å². The zero-order valence-corrected chi connectivity index (χ0v) is 40.1. The molecule has 0 unspecified atom stereocenters. The lowest BCUT2D eigenvalue weighted by Gasteiger charge is -2.44. The molecule has 3 heterocycles. The smallest absolute Gasteiger partial charge is 0.408 e. The topological polar surface area (TPSA) is 177 Å². The lowest BCUT2D eigenvalue weighted by molar-refractivity contribution is -0.157. The van der Waals surface area contributed by atoms with Crippen LogP contribution in [0, 0.1) is 0 Å². The molecule has 0 aliphatic carbocycles. The molecular formula is C42H69N7O8Si2. The van der Waals surface area contributed by atoms with Gasteiger partial charge in [0, 0.05) is 12.1 Å². The molecule has 5 atom stereocenters. The third kappa shape index (κ3) is 12.6. The first-order valence-electron chi connectivity index (χ1n) is 20.5. The first-order valence-corrected chi connectivity index (χ1v) is 26.3. The average Bonchev–Trinajstić information content (AvgIpc) is 3.65. The molecule has 2 amide bonds. The van der Waals surface area contributed by atoms with Gasteiger partial charge in [0.15, 0.2) is 39.8 Å². The van der Waals surface area contributed by atoms with Crippen molar-refractivity contribution >= 4 is 51.6 Å². The lowest BCUT2D eigenvalue weighted by Crippen LogP contribution is -2.54. The second kappa shape index (κ2) is 18.1. The summed E-state index contributed by atoms with van der Waals surface area (Å²) in [5, 5.41) is 8.82. The summed E-state index contributed by atoms with van der Waals surface area (Å²) < 4.78 is 34.6. The SMILES string of the molecule is CC(C)(C)OC(=O)N[C@@H](CCNC[C@H]1O[C@@H](n2cnc3c(NC(=O)c4ccccc4)ncnc32)[C@H](O[Si](C)(C)C(C)(C)C)[C@@H]1O[Si](C)(C)C(C)(C)C)C(=O)OC(C)(C)C. The highest BCUT2D eigenvalue weighted by Gasteiger charge is 2.54. The summed E-state index contributed by atoms with van der Waals surface area (Å²) in [6, 6.07) is 7.94. The van der Waals surface area contributed by atoms with Crippen molar-refractivity contribution < 1.29 is 37.4 Å². The molecular weight excluding hydrogens is 787 g/mol. The first kappa shape index (κ1) is 47.9. The van der Waals surface area contributed by atoms with E-state index in [1.54, 1.807) is 72.1 Å². The summed E-state index contributed by atoms with van der Waals surface area (Å²) in [7, 11) is -4.90. The van der Waals surface area contributed by atoms with E-state index in [9.17, 15) is 14.4 Å². The number of benzene rings is 1. The lowest BCUT2D eigenvalue weighted by atomic mass is 10.1. The molecule has 1 saturated heterocycles. The van der Waals surface area contributed by atoms with Crippen molar-refractivity contribution in [1.82, 2.24) is 30.2 Å². The summed E-state index contributed by atoms with van der Waals surface area (Å²) in [5.41, 5.74) is -0.149. The number of rotatable bonds is 14. The first-order chi connectivity index (χ1) is 27.0. The number of aromatic nitrogens is 4. The number of ether oxygens (including phenoxy) is 3. The highest BCUT2D eigenvalue weighted by molar-refractivity contribution is 6.74. The Bertz CT molecular complexity index is 1910. The number of anilines is 1. The molecule has 1 aromatic carbocycles. The van der Waals surface area contributed by atoms with Crippen molar-refractivity contribution in [2.24, 2.45) is 0 Å². The molecule has 59 heavy (non-hydrogen) atoms. The second-order valence-electron chi connectivity index (χ2n) is 20.3. The van der Waals surface area contributed by atoms with E-state index in [-0.39, 0.29) is 28.2 Å². The van der Waals surface area contributed by atoms with Gasteiger partial charge in [-0.15, -0.1) is 0 Å². The van der Waals surface area contributed by atoms with E-state index in [4.69, 9.17) is 28.0 Å². The summed E-state index contributed by atoms with van der Waals surface area (Å²) >= 11 is 0. The van der Waals surface area contributed by atoms with Crippen molar-refractivity contribution in [2.75, 3.05) is 18.4 Å². The minimum absolute atomic E-state index is 0.126. The van der Waals surface area contributed by atoms with Crippen LogP contribution in [-0.2, 0) is 27.9 Å². The Morgan fingerprint density at radius 1 is 0.797 bits per heavy atom. The maximum absolute atomic E-state index is 13.3. The third-order valence-corrected chi connectivity index (χ3v) is 19.9. The van der Waals surface area contributed by atoms with Crippen molar-refractivity contribution in [3.8, 4) is 0 Å². The van der Waals surface area contributed by atoms with E-state index in [0.717, 1.165) is 0 Å². The largest absolute Gasteiger partial charge is 0.458 e. The number of hydrogen-bond acceptors (Lipinski definition) is 12. The van der Waals surface area contributed by atoms with E-state index in [1.165, 1.54) is 6.33 Å². The molecule has 4 rings (SSSR count). The Kier molecular flexibility index (Phi) is 14.7.